The first-order valence-corrected chi connectivity index (χ1v) is 5.27. The van der Waals surface area contributed by atoms with Crippen LogP contribution in [0.25, 0.3) is 0 Å². The Morgan fingerprint density at radius 3 is 2.82 bits per heavy atom. The molecule has 0 radical (unpaired) electrons. The largest absolute Gasteiger partial charge is 0.368 e. The highest BCUT2D eigenvalue weighted by Gasteiger charge is 2.40. The summed E-state index contributed by atoms with van der Waals surface area (Å²) >= 11 is 0. The number of hydrogen-bond acceptors (Lipinski definition) is 4. The highest BCUT2D eigenvalue weighted by Crippen LogP contribution is 2.32. The molecule has 0 aromatic heterocycles. The standard InChI is InChI=1S/C11H12FNO4/c12-9-4-2-1-3-7(9)8-5-11(14)17-6-10(8)13(15)16/h1-4,8,10-11,14H,5-6H2/t8-,10+,11+/m0/s1. The molecule has 0 bridgehead atoms. The molecule has 0 spiro atoms. The zero-order chi connectivity index (χ0) is 12.4. The van der Waals surface area contributed by atoms with E-state index in [1.54, 1.807) is 6.07 Å². The molecule has 1 saturated heterocycles. The van der Waals surface area contributed by atoms with Gasteiger partial charge in [0.1, 0.15) is 12.4 Å². The molecule has 1 heterocycles. The van der Waals surface area contributed by atoms with E-state index >= 15 is 0 Å². The molecule has 0 unspecified atom stereocenters. The lowest BCUT2D eigenvalue weighted by molar-refractivity contribution is -0.538. The van der Waals surface area contributed by atoms with E-state index in [1.165, 1.54) is 18.2 Å². The van der Waals surface area contributed by atoms with Crippen LogP contribution in [0.2, 0.25) is 0 Å². The van der Waals surface area contributed by atoms with Crippen LogP contribution in [0.15, 0.2) is 24.3 Å². The summed E-state index contributed by atoms with van der Waals surface area (Å²) in [5.74, 6) is -1.15. The van der Waals surface area contributed by atoms with Crippen molar-refractivity contribution >= 4 is 0 Å². The first-order valence-electron chi connectivity index (χ1n) is 5.27. The molecule has 0 aliphatic carbocycles. The molecule has 6 heteroatoms. The van der Waals surface area contributed by atoms with Crippen LogP contribution in [0.1, 0.15) is 17.9 Å². The van der Waals surface area contributed by atoms with Crippen molar-refractivity contribution in [2.24, 2.45) is 0 Å². The third kappa shape index (κ3) is 2.42. The minimum atomic E-state index is -1.07. The maximum atomic E-state index is 13.6. The Labute approximate surface area is 97.0 Å². The second kappa shape index (κ2) is 4.77. The van der Waals surface area contributed by atoms with Crippen LogP contribution >= 0.6 is 0 Å². The van der Waals surface area contributed by atoms with Crippen molar-refractivity contribution in [1.82, 2.24) is 0 Å². The average molecular weight is 241 g/mol. The van der Waals surface area contributed by atoms with Crippen molar-refractivity contribution in [2.75, 3.05) is 6.61 Å². The van der Waals surface area contributed by atoms with Gasteiger partial charge in [-0.15, -0.1) is 0 Å². The smallest absolute Gasteiger partial charge is 0.243 e. The van der Waals surface area contributed by atoms with E-state index < -0.39 is 29.0 Å². The van der Waals surface area contributed by atoms with Gasteiger partial charge in [0.15, 0.2) is 6.29 Å². The number of ether oxygens (including phenoxy) is 1. The van der Waals surface area contributed by atoms with Crippen LogP contribution < -0.4 is 0 Å². The number of nitrogens with zero attached hydrogens (tertiary/aromatic N) is 1. The minimum Gasteiger partial charge on any atom is -0.368 e. The quantitative estimate of drug-likeness (QED) is 0.625. The van der Waals surface area contributed by atoms with Gasteiger partial charge >= 0.3 is 0 Å². The minimum absolute atomic E-state index is 0.0343. The molecular formula is C11H12FNO4. The topological polar surface area (TPSA) is 72.6 Å². The monoisotopic (exact) mass is 241 g/mol. The molecule has 2 rings (SSSR count). The van der Waals surface area contributed by atoms with Crippen molar-refractivity contribution in [1.29, 1.82) is 0 Å². The Morgan fingerprint density at radius 2 is 2.18 bits per heavy atom. The molecular weight excluding hydrogens is 229 g/mol. The van der Waals surface area contributed by atoms with Gasteiger partial charge in [0, 0.05) is 11.3 Å². The second-order valence-corrected chi connectivity index (χ2v) is 4.00. The van der Waals surface area contributed by atoms with E-state index in [9.17, 15) is 19.6 Å². The highest BCUT2D eigenvalue weighted by molar-refractivity contribution is 5.23. The van der Waals surface area contributed by atoms with Gasteiger partial charge in [-0.2, -0.15) is 0 Å². The summed E-state index contributed by atoms with van der Waals surface area (Å²) < 4.78 is 18.4. The van der Waals surface area contributed by atoms with Gasteiger partial charge in [-0.3, -0.25) is 10.1 Å². The molecule has 17 heavy (non-hydrogen) atoms. The first kappa shape index (κ1) is 11.9. The van der Waals surface area contributed by atoms with Crippen LogP contribution in [0, 0.1) is 15.9 Å². The number of rotatable bonds is 2. The van der Waals surface area contributed by atoms with Gasteiger partial charge in [0.05, 0.1) is 5.92 Å². The van der Waals surface area contributed by atoms with Crippen molar-refractivity contribution in [3.63, 3.8) is 0 Å². The van der Waals surface area contributed by atoms with Crippen LogP contribution in [0.5, 0.6) is 0 Å². The molecule has 5 nitrogen and oxygen atoms in total. The molecule has 1 N–H and O–H groups in total. The summed E-state index contributed by atoms with van der Waals surface area (Å²) in [5, 5.41) is 20.2. The van der Waals surface area contributed by atoms with Gasteiger partial charge in [-0.25, -0.2) is 4.39 Å². The molecule has 1 aromatic carbocycles. The SMILES string of the molecule is O=[N+]([O-])[C@@H]1CO[C@@H](O)C[C@H]1c1ccccc1F. The predicted molar refractivity (Wildman–Crippen MR) is 56.5 cm³/mol. The van der Waals surface area contributed by atoms with E-state index in [0.717, 1.165) is 0 Å². The number of aliphatic hydroxyl groups excluding tert-OH is 1. The van der Waals surface area contributed by atoms with Gasteiger partial charge in [0.25, 0.3) is 0 Å². The van der Waals surface area contributed by atoms with Gasteiger partial charge < -0.3 is 9.84 Å². The van der Waals surface area contributed by atoms with Crippen molar-refractivity contribution in [2.45, 2.75) is 24.7 Å². The third-order valence-corrected chi connectivity index (χ3v) is 2.95. The first-order chi connectivity index (χ1) is 8.09. The van der Waals surface area contributed by atoms with E-state index in [2.05, 4.69) is 0 Å². The van der Waals surface area contributed by atoms with Crippen LogP contribution in [-0.2, 0) is 4.74 Å². The van der Waals surface area contributed by atoms with E-state index in [-0.39, 0.29) is 18.6 Å². The van der Waals surface area contributed by atoms with Crippen LogP contribution in [-0.4, -0.2) is 29.0 Å². The third-order valence-electron chi connectivity index (χ3n) is 2.95. The fraction of sp³-hybridized carbons (Fsp3) is 0.455. The summed E-state index contributed by atoms with van der Waals surface area (Å²) in [5.41, 5.74) is 0.261. The normalized spacial score (nSPS) is 28.9. The summed E-state index contributed by atoms with van der Waals surface area (Å²) in [6.45, 7) is -0.201. The molecule has 1 fully saturated rings. The molecule has 0 saturated carbocycles. The van der Waals surface area contributed by atoms with Gasteiger partial charge in [-0.1, -0.05) is 18.2 Å². The van der Waals surface area contributed by atoms with E-state index in [1.807, 2.05) is 0 Å². The van der Waals surface area contributed by atoms with Crippen molar-refractivity contribution in [3.8, 4) is 0 Å². The molecule has 0 amide bonds. The van der Waals surface area contributed by atoms with E-state index in [4.69, 9.17) is 4.74 Å². The highest BCUT2D eigenvalue weighted by atomic mass is 19.1. The predicted octanol–water partition coefficient (Wildman–Crippen LogP) is 1.29. The summed E-state index contributed by atoms with van der Waals surface area (Å²) in [4.78, 5) is 10.4. The fourth-order valence-corrected chi connectivity index (χ4v) is 2.09. The second-order valence-electron chi connectivity index (χ2n) is 4.00. The Morgan fingerprint density at radius 1 is 1.47 bits per heavy atom. The van der Waals surface area contributed by atoms with Crippen LogP contribution in [0.4, 0.5) is 4.39 Å². The fourth-order valence-electron chi connectivity index (χ4n) is 2.09. The molecule has 1 aliphatic rings. The van der Waals surface area contributed by atoms with Gasteiger partial charge in [0.2, 0.25) is 6.04 Å². The van der Waals surface area contributed by atoms with Crippen LogP contribution in [0.3, 0.4) is 0 Å². The summed E-state index contributed by atoms with van der Waals surface area (Å²) in [6, 6.07) is 4.89. The Bertz CT molecular complexity index is 426. The molecule has 3 atom stereocenters. The maximum absolute atomic E-state index is 13.6. The van der Waals surface area contributed by atoms with Gasteiger partial charge in [-0.05, 0) is 11.6 Å². The summed E-state index contributed by atoms with van der Waals surface area (Å²) in [6.07, 6.45) is -1.04. The lowest BCUT2D eigenvalue weighted by Gasteiger charge is -2.29. The zero-order valence-corrected chi connectivity index (χ0v) is 8.95. The van der Waals surface area contributed by atoms with Crippen molar-refractivity contribution < 1.29 is 19.2 Å². The Hall–Kier alpha value is -1.53. The molecule has 92 valence electrons. The zero-order valence-electron chi connectivity index (χ0n) is 8.95. The number of benzene rings is 1. The molecule has 1 aliphatic heterocycles. The van der Waals surface area contributed by atoms with E-state index in [0.29, 0.717) is 0 Å². The number of halogens is 1. The molecule has 1 aromatic rings. The maximum Gasteiger partial charge on any atom is 0.243 e. The number of hydrogen-bond donors (Lipinski definition) is 1. The average Bonchev–Trinajstić information content (AvgIpc) is 2.29. The number of nitro groups is 1. The summed E-state index contributed by atoms with van der Waals surface area (Å²) in [7, 11) is 0. The lowest BCUT2D eigenvalue weighted by atomic mass is 9.87. The number of aliphatic hydroxyl groups is 1. The lowest BCUT2D eigenvalue weighted by Crippen LogP contribution is -2.41. The van der Waals surface area contributed by atoms with Crippen molar-refractivity contribution in [3.05, 3.63) is 45.8 Å². The Kier molecular flexibility index (Phi) is 3.35. The Balaban J connectivity index is 2.32.